The summed E-state index contributed by atoms with van der Waals surface area (Å²) in [7, 11) is 0. The van der Waals surface area contributed by atoms with Crippen molar-refractivity contribution in [1.82, 2.24) is 19.6 Å². The van der Waals surface area contributed by atoms with Gasteiger partial charge >= 0.3 is 0 Å². The molecule has 9 rings (SSSR count). The minimum absolute atomic E-state index is 0.00526. The molecule has 0 unspecified atom stereocenters. The van der Waals surface area contributed by atoms with Crippen LogP contribution in [-0.2, 0) is 32.1 Å². The number of aliphatic hydroxyl groups is 1. The van der Waals surface area contributed by atoms with E-state index in [0.29, 0.717) is 87.7 Å². The number of hydrogen-bond acceptors (Lipinski definition) is 9. The van der Waals surface area contributed by atoms with Gasteiger partial charge in [0, 0.05) is 89.7 Å². The number of carbonyl (C=O) groups excluding carboxylic acids is 4. The van der Waals surface area contributed by atoms with Crippen molar-refractivity contribution in [2.24, 2.45) is 5.92 Å². The van der Waals surface area contributed by atoms with Gasteiger partial charge in [-0.2, -0.15) is 10.5 Å². The molecule has 78 heavy (non-hydrogen) atoms. The van der Waals surface area contributed by atoms with Gasteiger partial charge in [-0.05, 0) is 120 Å². The lowest BCUT2D eigenvalue weighted by Gasteiger charge is -2.44. The number of likely N-dealkylation sites (tertiary alicyclic amines) is 2. The zero-order valence-electron chi connectivity index (χ0n) is 43.0. The van der Waals surface area contributed by atoms with Crippen LogP contribution in [-0.4, -0.2) is 113 Å². The summed E-state index contributed by atoms with van der Waals surface area (Å²) in [6.45, 7) is 3.86. The highest BCUT2D eigenvalue weighted by Gasteiger charge is 2.40. The molecule has 6 aromatic rings. The molecular formula is C61H60Cl4N8O5. The highest BCUT2D eigenvalue weighted by molar-refractivity contribution is 6.35. The number of nitrogens with zero attached hydrogens (tertiary/aromatic N) is 6. The van der Waals surface area contributed by atoms with Crippen LogP contribution in [0.25, 0.3) is 22.3 Å². The average Bonchev–Trinajstić information content (AvgIpc) is 4.12. The molecule has 17 heteroatoms. The van der Waals surface area contributed by atoms with E-state index >= 15 is 0 Å². The van der Waals surface area contributed by atoms with Gasteiger partial charge in [-0.15, -0.1) is 0 Å². The molecule has 402 valence electrons. The summed E-state index contributed by atoms with van der Waals surface area (Å²) < 4.78 is 0. The van der Waals surface area contributed by atoms with E-state index in [0.717, 1.165) is 53.0 Å². The summed E-state index contributed by atoms with van der Waals surface area (Å²) in [5.41, 5.74) is 8.01. The molecule has 0 spiro atoms. The third-order valence-corrected chi connectivity index (χ3v) is 15.1. The molecule has 1 aliphatic carbocycles. The smallest absolute Gasteiger partial charge is 0.244 e. The van der Waals surface area contributed by atoms with Gasteiger partial charge in [0.15, 0.2) is 0 Å². The Labute approximate surface area is 475 Å². The first-order valence-corrected chi connectivity index (χ1v) is 27.6. The Bertz CT molecular complexity index is 3130. The second kappa shape index (κ2) is 27.7. The largest absolute Gasteiger partial charge is 0.392 e. The van der Waals surface area contributed by atoms with Gasteiger partial charge in [-0.3, -0.25) is 24.1 Å². The Morgan fingerprint density at radius 2 is 1.10 bits per heavy atom. The van der Waals surface area contributed by atoms with Gasteiger partial charge in [-0.1, -0.05) is 132 Å². The predicted octanol–water partition coefficient (Wildman–Crippen LogP) is 11.4. The predicted molar refractivity (Wildman–Crippen MR) is 308 cm³/mol. The molecule has 2 heterocycles. The lowest BCUT2D eigenvalue weighted by Crippen LogP contribution is -2.57. The summed E-state index contributed by atoms with van der Waals surface area (Å²) in [4.78, 5) is 60.3. The molecule has 0 aromatic heterocycles. The normalized spacial score (nSPS) is 15.5. The standard InChI is InChI=1S/C31H30Cl2N4O2.C30H30Cl2N4O3/c32-26-13-27(33)15-28(14-26)35-30(38)20-37(31(39)25-18-36(19-25)29-6-1-2-7-29)17-21-8-10-23(11-9-21)24-5-3-4-22(12-24)16-34;31-25-15-26(32)17-27(16-25)34-29(38)20-36(30(39)10-12-35-11-9-28(37)19-35)13-8-21-4-6-23(7-5-21)24-3-1-2-22(14-24)18-33/h3-5,8-15,25,29H,1-2,6-7,17-20H2,(H,35,38);1-7,14-17,28,37H,8-13,19-20H2,(H,34,38)/t;28-/m.0/s1. The molecule has 0 radical (unpaired) electrons. The van der Waals surface area contributed by atoms with Crippen molar-refractivity contribution in [1.29, 1.82) is 10.5 Å². The molecule has 0 bridgehead atoms. The van der Waals surface area contributed by atoms with E-state index in [9.17, 15) is 29.5 Å². The molecule has 2 aliphatic heterocycles. The third kappa shape index (κ3) is 16.6. The van der Waals surface area contributed by atoms with Crippen molar-refractivity contribution in [2.45, 2.75) is 63.6 Å². The van der Waals surface area contributed by atoms with E-state index in [1.165, 1.54) is 25.7 Å². The molecular weight excluding hydrogens is 1070 g/mol. The van der Waals surface area contributed by atoms with Crippen LogP contribution in [0.3, 0.4) is 0 Å². The maximum absolute atomic E-state index is 13.6. The Balaban J connectivity index is 0.000000206. The number of aliphatic hydroxyl groups excluding tert-OH is 1. The number of nitriles is 2. The van der Waals surface area contributed by atoms with Crippen molar-refractivity contribution < 1.29 is 24.3 Å². The number of nitrogens with one attached hydrogen (secondary N) is 2. The zero-order valence-corrected chi connectivity index (χ0v) is 46.0. The summed E-state index contributed by atoms with van der Waals surface area (Å²) in [5.74, 6) is -0.883. The van der Waals surface area contributed by atoms with E-state index in [1.807, 2.05) is 84.9 Å². The summed E-state index contributed by atoms with van der Waals surface area (Å²) in [6, 6.07) is 45.3. The number of carbonyl (C=O) groups is 4. The van der Waals surface area contributed by atoms with Crippen molar-refractivity contribution >= 4 is 81.4 Å². The van der Waals surface area contributed by atoms with Crippen LogP contribution >= 0.6 is 46.4 Å². The van der Waals surface area contributed by atoms with Crippen LogP contribution in [0.5, 0.6) is 0 Å². The van der Waals surface area contributed by atoms with Crippen LogP contribution in [0.15, 0.2) is 133 Å². The van der Waals surface area contributed by atoms with Gasteiger partial charge in [0.05, 0.1) is 41.8 Å². The zero-order chi connectivity index (χ0) is 55.1. The second-order valence-corrected chi connectivity index (χ2v) is 21.8. The number of amides is 4. The number of halogens is 4. The maximum atomic E-state index is 13.6. The van der Waals surface area contributed by atoms with Crippen molar-refractivity contribution in [2.75, 3.05) is 63.0 Å². The molecule has 6 aromatic carbocycles. The average molecular weight is 1130 g/mol. The molecule has 1 atom stereocenters. The lowest BCUT2D eigenvalue weighted by molar-refractivity contribution is -0.145. The van der Waals surface area contributed by atoms with E-state index < -0.39 is 0 Å². The first-order valence-electron chi connectivity index (χ1n) is 26.1. The van der Waals surface area contributed by atoms with Gasteiger partial charge < -0.3 is 30.4 Å². The molecule has 3 fully saturated rings. The van der Waals surface area contributed by atoms with Crippen LogP contribution in [0.1, 0.15) is 60.8 Å². The summed E-state index contributed by atoms with van der Waals surface area (Å²) in [5, 5.41) is 35.4. The van der Waals surface area contributed by atoms with Gasteiger partial charge in [0.1, 0.15) is 6.54 Å². The van der Waals surface area contributed by atoms with Crippen LogP contribution in [0, 0.1) is 28.6 Å². The van der Waals surface area contributed by atoms with E-state index in [-0.39, 0.29) is 55.2 Å². The Kier molecular flexibility index (Phi) is 20.4. The number of rotatable bonds is 18. The molecule has 1 saturated carbocycles. The number of β-amino-alcohol motifs (C(OH)–C–C–N with tert-alkyl or cyclic N) is 1. The van der Waals surface area contributed by atoms with Crippen molar-refractivity contribution in [3.05, 3.63) is 176 Å². The van der Waals surface area contributed by atoms with E-state index in [4.69, 9.17) is 51.7 Å². The van der Waals surface area contributed by atoms with Crippen LogP contribution < -0.4 is 10.6 Å². The van der Waals surface area contributed by atoms with E-state index in [2.05, 4.69) is 32.6 Å². The first-order chi connectivity index (χ1) is 37.7. The first kappa shape index (κ1) is 57.4. The number of anilines is 2. The van der Waals surface area contributed by atoms with Gasteiger partial charge in [0.2, 0.25) is 23.6 Å². The fraction of sp³-hybridized carbons (Fsp3) is 0.311. The van der Waals surface area contributed by atoms with Crippen LogP contribution in [0.4, 0.5) is 11.4 Å². The minimum atomic E-state index is -0.350. The number of hydrogen-bond donors (Lipinski definition) is 3. The highest BCUT2D eigenvalue weighted by atomic mass is 35.5. The molecule has 4 amide bonds. The fourth-order valence-electron chi connectivity index (χ4n) is 10.1. The Morgan fingerprint density at radius 1 is 0.603 bits per heavy atom. The molecule has 3 aliphatic rings. The van der Waals surface area contributed by atoms with Crippen molar-refractivity contribution in [3.8, 4) is 34.4 Å². The summed E-state index contributed by atoms with van der Waals surface area (Å²) >= 11 is 24.3. The summed E-state index contributed by atoms with van der Waals surface area (Å²) in [6.07, 6.45) is 6.13. The highest BCUT2D eigenvalue weighted by Crippen LogP contribution is 2.32. The molecule has 3 N–H and O–H groups in total. The van der Waals surface area contributed by atoms with Crippen molar-refractivity contribution in [3.63, 3.8) is 0 Å². The van der Waals surface area contributed by atoms with Gasteiger partial charge in [-0.25, -0.2) is 0 Å². The third-order valence-electron chi connectivity index (χ3n) is 14.2. The lowest BCUT2D eigenvalue weighted by atomic mass is 9.95. The minimum Gasteiger partial charge on any atom is -0.392 e. The second-order valence-electron chi connectivity index (χ2n) is 20.0. The van der Waals surface area contributed by atoms with Gasteiger partial charge in [0.25, 0.3) is 0 Å². The SMILES string of the molecule is N#Cc1cccc(-c2ccc(CCN(CC(=O)Nc3cc(Cl)cc(Cl)c3)C(=O)CCN3CC[C@H](O)C3)cc2)c1.N#Cc1cccc(-c2ccc(CN(CC(=O)Nc3cc(Cl)cc(Cl)c3)C(=O)C3CN(C4CCCC4)C3)cc2)c1. The maximum Gasteiger partial charge on any atom is 0.244 e. The topological polar surface area (TPSA) is 173 Å². The monoisotopic (exact) mass is 1120 g/mol. The Hall–Kier alpha value is -6.78. The number of benzene rings is 6. The Morgan fingerprint density at radius 3 is 1.59 bits per heavy atom. The molecule has 2 saturated heterocycles. The van der Waals surface area contributed by atoms with E-state index in [1.54, 1.807) is 58.3 Å². The fourth-order valence-corrected chi connectivity index (χ4v) is 11.2. The van der Waals surface area contributed by atoms with Crippen LogP contribution in [0.2, 0.25) is 20.1 Å². The molecule has 13 nitrogen and oxygen atoms in total. The quantitative estimate of drug-likeness (QED) is 0.0757.